The summed E-state index contributed by atoms with van der Waals surface area (Å²) >= 11 is 0. The first-order chi connectivity index (χ1) is 18.4. The maximum atomic E-state index is 13.7. The van der Waals surface area contributed by atoms with Gasteiger partial charge in [0, 0.05) is 35.9 Å². The number of ether oxygens (including phenoxy) is 5. The zero-order valence-electron chi connectivity index (χ0n) is 22.3. The lowest BCUT2D eigenvalue weighted by Crippen LogP contribution is -2.71. The minimum atomic E-state index is -0.553. The summed E-state index contributed by atoms with van der Waals surface area (Å²) in [6.45, 7) is 3.61. The molecular formula is C28H33N3O7. The molecule has 1 aliphatic carbocycles. The van der Waals surface area contributed by atoms with E-state index in [2.05, 4.69) is 21.9 Å². The van der Waals surface area contributed by atoms with Crippen LogP contribution in [-0.2, 0) is 25.4 Å². The van der Waals surface area contributed by atoms with Crippen LogP contribution < -0.4 is 9.47 Å². The van der Waals surface area contributed by atoms with E-state index in [0.29, 0.717) is 41.4 Å². The third kappa shape index (κ3) is 3.29. The number of Topliss-reactive ketones (excluding diaryl/α,β-unsaturated/α-hetero) is 1. The molecule has 0 amide bonds. The van der Waals surface area contributed by atoms with Crippen LogP contribution in [0, 0.1) is 24.2 Å². The Labute approximate surface area is 221 Å². The van der Waals surface area contributed by atoms with E-state index in [1.807, 2.05) is 14.0 Å². The standard InChI is InChI=1S/C28H33N3O7/c1-13-6-15-7-17-19(9-29)31-18(23(30(17)3)21(15)27(25(13)35-5)36-11-34-4)8-16-22(20(31)10-32)28-26(37-12-38-28)14(2)24(16)33/h6,16-20,23,32H,7-8,10-12H2,1-5H3. The van der Waals surface area contributed by atoms with Crippen LogP contribution >= 0.6 is 0 Å². The summed E-state index contributed by atoms with van der Waals surface area (Å²) in [6, 6.07) is 3.06. The van der Waals surface area contributed by atoms with Crippen LogP contribution in [0.15, 0.2) is 28.7 Å². The van der Waals surface area contributed by atoms with E-state index in [0.717, 1.165) is 22.3 Å². The molecule has 10 nitrogen and oxygen atoms in total. The van der Waals surface area contributed by atoms with E-state index in [-0.39, 0.29) is 44.1 Å². The van der Waals surface area contributed by atoms with Gasteiger partial charge in [0.25, 0.3) is 0 Å². The predicted molar refractivity (Wildman–Crippen MR) is 134 cm³/mol. The van der Waals surface area contributed by atoms with Gasteiger partial charge < -0.3 is 28.8 Å². The molecule has 0 radical (unpaired) electrons. The molecule has 0 spiro atoms. The van der Waals surface area contributed by atoms with Gasteiger partial charge in [-0.2, -0.15) is 5.26 Å². The minimum Gasteiger partial charge on any atom is -0.493 e. The number of methoxy groups -OCH3 is 2. The Bertz CT molecular complexity index is 1300. The number of nitrogens with zero attached hydrogens (tertiary/aromatic N) is 3. The third-order valence-corrected chi connectivity index (χ3v) is 8.97. The first kappa shape index (κ1) is 25.2. The molecule has 4 heterocycles. The van der Waals surface area contributed by atoms with Gasteiger partial charge in [-0.25, -0.2) is 0 Å². The van der Waals surface area contributed by atoms with E-state index in [9.17, 15) is 15.2 Å². The van der Waals surface area contributed by atoms with Crippen molar-refractivity contribution in [3.63, 3.8) is 0 Å². The van der Waals surface area contributed by atoms with Gasteiger partial charge in [0.05, 0.1) is 37.8 Å². The molecule has 4 aliphatic heterocycles. The number of ketones is 1. The summed E-state index contributed by atoms with van der Waals surface area (Å²) in [6.07, 6.45) is 1.11. The molecule has 6 rings (SSSR count). The highest BCUT2D eigenvalue weighted by molar-refractivity contribution is 6.01. The zero-order valence-corrected chi connectivity index (χ0v) is 22.3. The molecule has 10 heteroatoms. The number of nitriles is 1. The fraction of sp³-hybridized carbons (Fsp3) is 0.571. The molecule has 5 aliphatic rings. The zero-order chi connectivity index (χ0) is 26.9. The largest absolute Gasteiger partial charge is 0.493 e. The Morgan fingerprint density at radius 3 is 2.63 bits per heavy atom. The van der Waals surface area contributed by atoms with Gasteiger partial charge in [-0.1, -0.05) is 6.07 Å². The van der Waals surface area contributed by atoms with Crippen molar-refractivity contribution >= 4 is 5.78 Å². The number of likely N-dealkylation sites (N-methyl/N-ethyl adjacent to an activating group) is 1. The monoisotopic (exact) mass is 523 g/mol. The Hall–Kier alpha value is -3.10. The highest BCUT2D eigenvalue weighted by Gasteiger charge is 2.59. The van der Waals surface area contributed by atoms with Crippen LogP contribution in [0.1, 0.15) is 36.1 Å². The van der Waals surface area contributed by atoms with E-state index in [4.69, 9.17) is 23.7 Å². The molecule has 1 aromatic rings. The average Bonchev–Trinajstić information content (AvgIpc) is 3.40. The minimum absolute atomic E-state index is 0.0194. The maximum absolute atomic E-state index is 13.7. The van der Waals surface area contributed by atoms with Gasteiger partial charge in [0.2, 0.25) is 6.79 Å². The molecule has 38 heavy (non-hydrogen) atoms. The summed E-state index contributed by atoms with van der Waals surface area (Å²) in [7, 11) is 5.24. The number of rotatable bonds is 5. The van der Waals surface area contributed by atoms with Gasteiger partial charge >= 0.3 is 0 Å². The van der Waals surface area contributed by atoms with E-state index < -0.39 is 18.0 Å². The van der Waals surface area contributed by atoms with Crippen molar-refractivity contribution in [1.82, 2.24) is 9.80 Å². The van der Waals surface area contributed by atoms with Crippen molar-refractivity contribution in [1.29, 1.82) is 5.26 Å². The van der Waals surface area contributed by atoms with Crippen molar-refractivity contribution in [2.75, 3.05) is 41.5 Å². The topological polar surface area (TPSA) is 114 Å². The first-order valence-corrected chi connectivity index (χ1v) is 12.9. The number of benzene rings is 1. The number of hydrogen-bond acceptors (Lipinski definition) is 10. The second-order valence-electron chi connectivity index (χ2n) is 10.6. The molecule has 6 atom stereocenters. The van der Waals surface area contributed by atoms with Gasteiger partial charge in [0.1, 0.15) is 6.04 Å². The van der Waals surface area contributed by atoms with Gasteiger partial charge in [-0.15, -0.1) is 0 Å². The molecule has 1 aromatic carbocycles. The number of aliphatic hydroxyl groups excluding tert-OH is 1. The summed E-state index contributed by atoms with van der Waals surface area (Å²) in [5.41, 5.74) is 4.31. The molecule has 3 saturated heterocycles. The van der Waals surface area contributed by atoms with Crippen LogP contribution in [0.25, 0.3) is 0 Å². The van der Waals surface area contributed by atoms with Gasteiger partial charge in [0.15, 0.2) is 35.6 Å². The lowest BCUT2D eigenvalue weighted by atomic mass is 9.67. The summed E-state index contributed by atoms with van der Waals surface area (Å²) in [4.78, 5) is 18.0. The van der Waals surface area contributed by atoms with E-state index >= 15 is 0 Å². The number of aryl methyl sites for hydroxylation is 1. The average molecular weight is 524 g/mol. The molecule has 0 aromatic heterocycles. The van der Waals surface area contributed by atoms with Crippen LogP contribution in [-0.4, -0.2) is 86.3 Å². The molecular weight excluding hydrogens is 490 g/mol. The molecule has 202 valence electrons. The number of aliphatic hydroxyl groups is 1. The third-order valence-electron chi connectivity index (χ3n) is 8.97. The number of fused-ring (bicyclic) bond motifs is 8. The van der Waals surface area contributed by atoms with Gasteiger partial charge in [-0.3, -0.25) is 14.6 Å². The fourth-order valence-corrected chi connectivity index (χ4v) is 7.49. The lowest BCUT2D eigenvalue weighted by Gasteiger charge is -2.61. The van der Waals surface area contributed by atoms with Crippen molar-refractivity contribution < 1.29 is 33.6 Å². The fourth-order valence-electron chi connectivity index (χ4n) is 7.49. The van der Waals surface area contributed by atoms with Crippen LogP contribution in [0.5, 0.6) is 11.5 Å². The molecule has 2 bridgehead atoms. The van der Waals surface area contributed by atoms with Crippen molar-refractivity contribution in [3.05, 3.63) is 45.4 Å². The van der Waals surface area contributed by atoms with Crippen LogP contribution in [0.4, 0.5) is 0 Å². The van der Waals surface area contributed by atoms with Crippen LogP contribution in [0.2, 0.25) is 0 Å². The quantitative estimate of drug-likeness (QED) is 0.575. The van der Waals surface area contributed by atoms with Crippen molar-refractivity contribution in [2.45, 2.75) is 56.9 Å². The van der Waals surface area contributed by atoms with Crippen LogP contribution in [0.3, 0.4) is 0 Å². The Kier molecular flexibility index (Phi) is 6.15. The highest BCUT2D eigenvalue weighted by atomic mass is 16.7. The number of carbonyl (C=O) groups excluding carboxylic acids is 1. The Morgan fingerprint density at radius 2 is 1.95 bits per heavy atom. The Balaban J connectivity index is 1.56. The number of carbonyl (C=O) groups is 1. The SMILES string of the molecule is COCOc1c(OC)c(C)cc2c1C1C3CC4C(=O)C(C)=C5OCOC5=C4C(CO)N3C(C#N)C(C2)N1C. The normalized spacial score (nSPS) is 32.0. The number of piperazine rings is 1. The first-order valence-electron chi connectivity index (χ1n) is 12.9. The summed E-state index contributed by atoms with van der Waals surface area (Å²) in [5.74, 6) is 1.79. The summed E-state index contributed by atoms with van der Waals surface area (Å²) in [5, 5.41) is 21.3. The van der Waals surface area contributed by atoms with Gasteiger partial charge in [-0.05, 0) is 44.9 Å². The predicted octanol–water partition coefficient (Wildman–Crippen LogP) is 1.96. The molecule has 0 saturated carbocycles. The second kappa shape index (κ2) is 9.27. The van der Waals surface area contributed by atoms with E-state index in [1.54, 1.807) is 21.1 Å². The van der Waals surface area contributed by atoms with E-state index in [1.165, 1.54) is 0 Å². The number of hydrogen-bond donors (Lipinski definition) is 1. The second-order valence-corrected chi connectivity index (χ2v) is 10.6. The molecule has 3 fully saturated rings. The number of piperidine rings is 1. The molecule has 1 N–H and O–H groups in total. The Morgan fingerprint density at radius 1 is 1.18 bits per heavy atom. The van der Waals surface area contributed by atoms with Crippen molar-refractivity contribution in [2.24, 2.45) is 5.92 Å². The summed E-state index contributed by atoms with van der Waals surface area (Å²) < 4.78 is 28.7. The molecule has 6 unspecified atom stereocenters. The lowest BCUT2D eigenvalue weighted by molar-refractivity contribution is -0.126. The number of allylic oxidation sites excluding steroid dienone is 1. The maximum Gasteiger partial charge on any atom is 0.231 e. The smallest absolute Gasteiger partial charge is 0.231 e. The van der Waals surface area contributed by atoms with Crippen molar-refractivity contribution in [3.8, 4) is 17.6 Å². The highest BCUT2D eigenvalue weighted by Crippen LogP contribution is 2.55.